The molecule has 0 bridgehead atoms. The average molecular weight is 266 g/mol. The molecule has 6 heteroatoms. The molecular weight excluding hydrogens is 244 g/mol. The molecule has 2 atom stereocenters. The molecule has 0 aromatic carbocycles. The number of nitrogens with two attached hydrogens (primary N) is 1. The molecule has 1 heterocycles. The molecule has 0 spiro atoms. The van der Waals surface area contributed by atoms with Gasteiger partial charge in [0.1, 0.15) is 0 Å². The molecule has 0 radical (unpaired) electrons. The van der Waals surface area contributed by atoms with Gasteiger partial charge in [0.15, 0.2) is 5.69 Å². The molecule has 1 aromatic heterocycles. The Labute approximate surface area is 113 Å². The monoisotopic (exact) mass is 266 g/mol. The van der Waals surface area contributed by atoms with E-state index in [9.17, 15) is 9.90 Å². The second-order valence-electron chi connectivity index (χ2n) is 5.15. The van der Waals surface area contributed by atoms with E-state index in [4.69, 9.17) is 5.73 Å². The van der Waals surface area contributed by atoms with E-state index < -0.39 is 6.10 Å². The Hall–Kier alpha value is -1.56. The lowest BCUT2D eigenvalue weighted by Crippen LogP contribution is -2.46. The van der Waals surface area contributed by atoms with Crippen LogP contribution in [0.1, 0.15) is 48.8 Å². The zero-order valence-corrected chi connectivity index (χ0v) is 11.5. The zero-order chi connectivity index (χ0) is 14.0. The fourth-order valence-electron chi connectivity index (χ4n) is 2.68. The van der Waals surface area contributed by atoms with Gasteiger partial charge in [-0.15, -0.1) is 0 Å². The highest BCUT2D eigenvalue weighted by molar-refractivity contribution is 5.97. The lowest BCUT2D eigenvalue weighted by Gasteiger charge is -2.34. The third-order valence-corrected chi connectivity index (χ3v) is 3.95. The Kier molecular flexibility index (Phi) is 4.09. The number of aliphatic hydroxyl groups excluding tert-OH is 1. The number of likely N-dealkylation sites (N-methyl/N-ethyl adjacent to an activating group) is 1. The molecular formula is C13H22N4O2. The summed E-state index contributed by atoms with van der Waals surface area (Å²) in [6.07, 6.45) is 3.89. The molecule has 2 unspecified atom stereocenters. The Morgan fingerprint density at radius 3 is 2.79 bits per heavy atom. The highest BCUT2D eigenvalue weighted by Crippen LogP contribution is 2.24. The number of hydrogen-bond donors (Lipinski definition) is 3. The largest absolute Gasteiger partial charge is 0.395 e. The van der Waals surface area contributed by atoms with Crippen LogP contribution in [0.15, 0.2) is 0 Å². The SMILES string of the molecule is CCc1[nH]nc(C(=O)N(C)C2CCCCC2O)c1N. The van der Waals surface area contributed by atoms with Gasteiger partial charge in [0.2, 0.25) is 0 Å². The number of aromatic nitrogens is 2. The van der Waals surface area contributed by atoms with E-state index in [0.717, 1.165) is 31.4 Å². The summed E-state index contributed by atoms with van der Waals surface area (Å²) in [5.74, 6) is -0.223. The number of nitrogens with one attached hydrogen (secondary N) is 1. The van der Waals surface area contributed by atoms with Crippen molar-refractivity contribution in [3.63, 3.8) is 0 Å². The summed E-state index contributed by atoms with van der Waals surface area (Å²) < 4.78 is 0. The molecule has 106 valence electrons. The van der Waals surface area contributed by atoms with Crippen LogP contribution in [0.4, 0.5) is 5.69 Å². The highest BCUT2D eigenvalue weighted by Gasteiger charge is 2.31. The number of aromatic amines is 1. The van der Waals surface area contributed by atoms with Crippen LogP contribution in [0.5, 0.6) is 0 Å². The summed E-state index contributed by atoms with van der Waals surface area (Å²) in [6.45, 7) is 1.95. The predicted molar refractivity (Wildman–Crippen MR) is 72.7 cm³/mol. The lowest BCUT2D eigenvalue weighted by atomic mass is 9.91. The first-order valence-corrected chi connectivity index (χ1v) is 6.84. The van der Waals surface area contributed by atoms with Gasteiger partial charge >= 0.3 is 0 Å². The fourth-order valence-corrected chi connectivity index (χ4v) is 2.68. The van der Waals surface area contributed by atoms with Crippen LogP contribution >= 0.6 is 0 Å². The smallest absolute Gasteiger partial charge is 0.276 e. The number of nitrogens with zero attached hydrogens (tertiary/aromatic N) is 2. The third-order valence-electron chi connectivity index (χ3n) is 3.95. The highest BCUT2D eigenvalue weighted by atomic mass is 16.3. The summed E-state index contributed by atoms with van der Waals surface area (Å²) in [7, 11) is 1.71. The number of aryl methyl sites for hydroxylation is 1. The standard InChI is InChI=1S/C13H22N4O2/c1-3-8-11(14)12(16-15-8)13(19)17(2)9-6-4-5-7-10(9)18/h9-10,18H,3-7,14H2,1-2H3,(H,15,16). The molecule has 0 aliphatic heterocycles. The summed E-state index contributed by atoms with van der Waals surface area (Å²) in [6, 6.07) is -0.137. The van der Waals surface area contributed by atoms with Crippen molar-refractivity contribution < 1.29 is 9.90 Å². The fraction of sp³-hybridized carbons (Fsp3) is 0.692. The minimum absolute atomic E-state index is 0.137. The van der Waals surface area contributed by atoms with Gasteiger partial charge < -0.3 is 15.7 Å². The topological polar surface area (TPSA) is 95.2 Å². The Morgan fingerprint density at radius 2 is 2.21 bits per heavy atom. The number of H-pyrrole nitrogens is 1. The summed E-state index contributed by atoms with van der Waals surface area (Å²) in [5, 5.41) is 16.8. The molecule has 1 saturated carbocycles. The number of anilines is 1. The Morgan fingerprint density at radius 1 is 1.53 bits per heavy atom. The van der Waals surface area contributed by atoms with Crippen molar-refractivity contribution >= 4 is 11.6 Å². The van der Waals surface area contributed by atoms with Crippen molar-refractivity contribution in [2.24, 2.45) is 0 Å². The second-order valence-corrected chi connectivity index (χ2v) is 5.15. The Bertz CT molecular complexity index is 457. The van der Waals surface area contributed by atoms with Crippen LogP contribution in [0.25, 0.3) is 0 Å². The van der Waals surface area contributed by atoms with E-state index in [-0.39, 0.29) is 17.6 Å². The summed E-state index contributed by atoms with van der Waals surface area (Å²) in [4.78, 5) is 14.0. The number of hydrogen-bond acceptors (Lipinski definition) is 4. The van der Waals surface area contributed by atoms with E-state index in [1.165, 1.54) is 0 Å². The zero-order valence-electron chi connectivity index (χ0n) is 11.5. The van der Waals surface area contributed by atoms with Crippen molar-refractivity contribution in [3.05, 3.63) is 11.4 Å². The molecule has 1 amide bonds. The van der Waals surface area contributed by atoms with Crippen molar-refractivity contribution in [3.8, 4) is 0 Å². The first kappa shape index (κ1) is 13.9. The van der Waals surface area contributed by atoms with E-state index >= 15 is 0 Å². The first-order valence-electron chi connectivity index (χ1n) is 6.84. The number of aliphatic hydroxyl groups is 1. The molecule has 6 nitrogen and oxygen atoms in total. The van der Waals surface area contributed by atoms with E-state index in [1.807, 2.05) is 6.92 Å². The molecule has 2 rings (SSSR count). The third kappa shape index (κ3) is 2.58. The summed E-state index contributed by atoms with van der Waals surface area (Å²) in [5.41, 5.74) is 7.37. The van der Waals surface area contributed by atoms with Gasteiger partial charge in [-0.3, -0.25) is 9.89 Å². The average Bonchev–Trinajstić information content (AvgIpc) is 2.78. The molecule has 1 aromatic rings. The number of carbonyl (C=O) groups excluding carboxylic acids is 1. The summed E-state index contributed by atoms with van der Waals surface area (Å²) >= 11 is 0. The van der Waals surface area contributed by atoms with E-state index in [1.54, 1.807) is 11.9 Å². The molecule has 19 heavy (non-hydrogen) atoms. The predicted octanol–water partition coefficient (Wildman–Crippen LogP) is 0.930. The quantitative estimate of drug-likeness (QED) is 0.758. The minimum Gasteiger partial charge on any atom is -0.395 e. The minimum atomic E-state index is -0.450. The lowest BCUT2D eigenvalue weighted by molar-refractivity contribution is 0.0265. The number of amides is 1. The van der Waals surface area contributed by atoms with Gasteiger partial charge in [-0.05, 0) is 19.3 Å². The number of nitrogen functional groups attached to an aromatic ring is 1. The molecule has 1 aliphatic rings. The van der Waals surface area contributed by atoms with Crippen molar-refractivity contribution in [1.82, 2.24) is 15.1 Å². The maximum atomic E-state index is 12.4. The van der Waals surface area contributed by atoms with Crippen LogP contribution < -0.4 is 5.73 Å². The molecule has 1 fully saturated rings. The number of rotatable bonds is 3. The van der Waals surface area contributed by atoms with Crippen LogP contribution in [-0.4, -0.2) is 45.3 Å². The van der Waals surface area contributed by atoms with Crippen molar-refractivity contribution in [2.75, 3.05) is 12.8 Å². The van der Waals surface area contributed by atoms with Gasteiger partial charge in [0.25, 0.3) is 5.91 Å². The molecule has 0 saturated heterocycles. The molecule has 4 N–H and O–H groups in total. The van der Waals surface area contributed by atoms with Gasteiger partial charge in [0.05, 0.1) is 23.5 Å². The van der Waals surface area contributed by atoms with Gasteiger partial charge in [-0.2, -0.15) is 5.10 Å². The van der Waals surface area contributed by atoms with Gasteiger partial charge in [-0.1, -0.05) is 19.8 Å². The number of carbonyl (C=O) groups is 1. The van der Waals surface area contributed by atoms with Crippen LogP contribution in [0.3, 0.4) is 0 Å². The first-order chi connectivity index (χ1) is 9.06. The van der Waals surface area contributed by atoms with Crippen molar-refractivity contribution in [1.29, 1.82) is 0 Å². The van der Waals surface area contributed by atoms with E-state index in [2.05, 4.69) is 10.2 Å². The normalized spacial score (nSPS) is 23.3. The van der Waals surface area contributed by atoms with Gasteiger partial charge in [0, 0.05) is 7.05 Å². The van der Waals surface area contributed by atoms with Crippen LogP contribution in [0, 0.1) is 0 Å². The van der Waals surface area contributed by atoms with Crippen LogP contribution in [0.2, 0.25) is 0 Å². The van der Waals surface area contributed by atoms with Crippen LogP contribution in [-0.2, 0) is 6.42 Å². The second kappa shape index (κ2) is 5.61. The maximum absolute atomic E-state index is 12.4. The molecule has 1 aliphatic carbocycles. The Balaban J connectivity index is 2.16. The van der Waals surface area contributed by atoms with E-state index in [0.29, 0.717) is 12.1 Å². The van der Waals surface area contributed by atoms with Crippen molar-refractivity contribution in [2.45, 2.75) is 51.2 Å². The maximum Gasteiger partial charge on any atom is 0.276 e. The van der Waals surface area contributed by atoms with Gasteiger partial charge in [-0.25, -0.2) is 0 Å².